The molecule has 1 saturated heterocycles. The molecule has 3 rings (SSSR count). The minimum absolute atomic E-state index is 0.184. The molecule has 1 aromatic carbocycles. The van der Waals surface area contributed by atoms with Crippen LogP contribution in [0.25, 0.3) is 0 Å². The number of sulfonamides is 1. The Balaban J connectivity index is 1.86. The lowest BCUT2D eigenvalue weighted by Gasteiger charge is -2.48. The van der Waals surface area contributed by atoms with E-state index in [4.69, 9.17) is 4.74 Å². The lowest BCUT2D eigenvalue weighted by atomic mass is 9.69. The number of hydrogen-bond acceptors (Lipinski definition) is 4. The van der Waals surface area contributed by atoms with Crippen molar-refractivity contribution in [3.05, 3.63) is 35.1 Å². The van der Waals surface area contributed by atoms with Gasteiger partial charge in [0.05, 0.1) is 6.26 Å². The third-order valence-corrected chi connectivity index (χ3v) is 6.50. The van der Waals surface area contributed by atoms with Gasteiger partial charge in [-0.25, -0.2) is 17.6 Å². The molecule has 27 heavy (non-hydrogen) atoms. The maximum atomic E-state index is 13.8. The summed E-state index contributed by atoms with van der Waals surface area (Å²) in [5.74, 6) is -0.370. The number of piperidine rings is 1. The zero-order chi connectivity index (χ0) is 20.0. The van der Waals surface area contributed by atoms with Crippen LogP contribution < -0.4 is 0 Å². The average molecular weight is 399 g/mol. The van der Waals surface area contributed by atoms with Crippen molar-refractivity contribution < 1.29 is 22.3 Å². The second-order valence-electron chi connectivity index (χ2n) is 8.58. The third kappa shape index (κ3) is 4.27. The van der Waals surface area contributed by atoms with E-state index in [0.717, 1.165) is 5.56 Å². The zero-order valence-electron chi connectivity index (χ0n) is 16.3. The predicted molar refractivity (Wildman–Crippen MR) is 100 cm³/mol. The Kier molecular flexibility index (Phi) is 5.01. The van der Waals surface area contributed by atoms with Crippen molar-refractivity contribution >= 4 is 16.1 Å². The normalized spacial score (nSPS) is 20.4. The monoisotopic (exact) mass is 398 g/mol. The van der Waals surface area contributed by atoms with E-state index in [-0.39, 0.29) is 18.5 Å². The molecule has 0 aliphatic carbocycles. The van der Waals surface area contributed by atoms with Crippen LogP contribution in [0.15, 0.2) is 18.2 Å². The van der Waals surface area contributed by atoms with Crippen molar-refractivity contribution in [3.8, 4) is 0 Å². The molecule has 2 aliphatic rings. The van der Waals surface area contributed by atoms with Crippen molar-refractivity contribution in [2.45, 2.75) is 51.2 Å². The molecule has 0 radical (unpaired) electrons. The van der Waals surface area contributed by atoms with Gasteiger partial charge in [-0.15, -0.1) is 0 Å². The fourth-order valence-corrected chi connectivity index (χ4v) is 4.84. The van der Waals surface area contributed by atoms with E-state index < -0.39 is 21.0 Å². The number of carbonyl (C=O) groups is 1. The molecular formula is C19H27FN2O4S. The summed E-state index contributed by atoms with van der Waals surface area (Å²) >= 11 is 0. The quantitative estimate of drug-likeness (QED) is 0.730. The Bertz CT molecular complexity index is 840. The third-order valence-electron chi connectivity index (χ3n) is 5.31. The highest BCUT2D eigenvalue weighted by molar-refractivity contribution is 7.88. The molecule has 0 saturated carbocycles. The Labute approximate surface area is 160 Å². The molecule has 0 N–H and O–H groups in total. The highest BCUT2D eigenvalue weighted by Crippen LogP contribution is 2.42. The first-order valence-corrected chi connectivity index (χ1v) is 11.0. The second-order valence-corrected chi connectivity index (χ2v) is 10.6. The van der Waals surface area contributed by atoms with Crippen molar-refractivity contribution in [2.24, 2.45) is 0 Å². The van der Waals surface area contributed by atoms with Crippen LogP contribution in [-0.4, -0.2) is 55.2 Å². The number of hydrogen-bond donors (Lipinski definition) is 0. The van der Waals surface area contributed by atoms with Gasteiger partial charge in [-0.05, 0) is 56.9 Å². The molecule has 6 nitrogen and oxygen atoms in total. The van der Waals surface area contributed by atoms with Crippen LogP contribution in [0, 0.1) is 5.82 Å². The molecule has 1 spiro atoms. The van der Waals surface area contributed by atoms with E-state index in [1.54, 1.807) is 11.0 Å². The molecular weight excluding hydrogens is 371 g/mol. The van der Waals surface area contributed by atoms with Gasteiger partial charge in [0, 0.05) is 31.6 Å². The number of fused-ring (bicyclic) bond motifs is 2. The van der Waals surface area contributed by atoms with Crippen molar-refractivity contribution in [2.75, 3.05) is 25.9 Å². The van der Waals surface area contributed by atoms with Gasteiger partial charge in [-0.2, -0.15) is 4.31 Å². The summed E-state index contributed by atoms with van der Waals surface area (Å²) < 4.78 is 45.0. The fraction of sp³-hybridized carbons (Fsp3) is 0.632. The first-order chi connectivity index (χ1) is 12.4. The van der Waals surface area contributed by atoms with Crippen LogP contribution >= 0.6 is 0 Å². The van der Waals surface area contributed by atoms with Crippen molar-refractivity contribution in [1.82, 2.24) is 9.21 Å². The highest BCUT2D eigenvalue weighted by atomic mass is 32.2. The standard InChI is InChI=1S/C19H27FN2O4S/c1-18(2,3)26-17(23)21-9-7-19(8-10-21)13-22(27(4,24)25)12-14-11-15(20)5-6-16(14)19/h5-6,11H,7-10,12-13H2,1-4H3. The molecule has 8 heteroatoms. The van der Waals surface area contributed by atoms with E-state index in [1.165, 1.54) is 22.7 Å². The Hall–Kier alpha value is -1.67. The minimum Gasteiger partial charge on any atom is -0.444 e. The number of ether oxygens (including phenoxy) is 1. The molecule has 1 amide bonds. The number of benzene rings is 1. The van der Waals surface area contributed by atoms with Crippen LogP contribution in [-0.2, 0) is 26.7 Å². The lowest BCUT2D eigenvalue weighted by Crippen LogP contribution is -2.54. The van der Waals surface area contributed by atoms with E-state index >= 15 is 0 Å². The summed E-state index contributed by atoms with van der Waals surface area (Å²) in [5, 5.41) is 0. The SMILES string of the molecule is CC(C)(C)OC(=O)N1CCC2(CC1)CN(S(C)(=O)=O)Cc1cc(F)ccc12. The maximum absolute atomic E-state index is 13.8. The molecule has 2 aliphatic heterocycles. The number of carbonyl (C=O) groups excluding carboxylic acids is 1. The summed E-state index contributed by atoms with van der Waals surface area (Å²) in [5.41, 5.74) is 0.724. The predicted octanol–water partition coefficient (Wildman–Crippen LogP) is 2.87. The summed E-state index contributed by atoms with van der Waals surface area (Å²) in [4.78, 5) is 14.0. The van der Waals surface area contributed by atoms with Crippen LogP contribution in [0.3, 0.4) is 0 Å². The maximum Gasteiger partial charge on any atom is 0.410 e. The number of likely N-dealkylation sites (tertiary alicyclic amines) is 1. The largest absolute Gasteiger partial charge is 0.444 e. The van der Waals surface area contributed by atoms with Gasteiger partial charge in [0.2, 0.25) is 10.0 Å². The topological polar surface area (TPSA) is 66.9 Å². The Morgan fingerprint density at radius 2 is 1.85 bits per heavy atom. The summed E-state index contributed by atoms with van der Waals surface area (Å²) in [6.07, 6.45) is 2.04. The van der Waals surface area contributed by atoms with Crippen LogP contribution in [0.1, 0.15) is 44.7 Å². The van der Waals surface area contributed by atoms with Gasteiger partial charge in [0.1, 0.15) is 11.4 Å². The van der Waals surface area contributed by atoms with Crippen molar-refractivity contribution in [1.29, 1.82) is 0 Å². The van der Waals surface area contributed by atoms with E-state index in [1.807, 2.05) is 20.8 Å². The van der Waals surface area contributed by atoms with Crippen LogP contribution in [0.5, 0.6) is 0 Å². The lowest BCUT2D eigenvalue weighted by molar-refractivity contribution is 0.0146. The number of nitrogens with zero attached hydrogens (tertiary/aromatic N) is 2. The van der Waals surface area contributed by atoms with Gasteiger partial charge in [-0.3, -0.25) is 0 Å². The van der Waals surface area contributed by atoms with E-state index in [0.29, 0.717) is 38.0 Å². The molecule has 0 aromatic heterocycles. The minimum atomic E-state index is -3.41. The van der Waals surface area contributed by atoms with Crippen LogP contribution in [0.2, 0.25) is 0 Å². The van der Waals surface area contributed by atoms with Gasteiger partial charge >= 0.3 is 6.09 Å². The fourth-order valence-electron chi connectivity index (χ4n) is 3.98. The molecule has 1 fully saturated rings. The second kappa shape index (κ2) is 6.74. The molecule has 2 heterocycles. The van der Waals surface area contributed by atoms with Gasteiger partial charge < -0.3 is 9.64 Å². The molecule has 1 aromatic rings. The van der Waals surface area contributed by atoms with E-state index in [2.05, 4.69) is 0 Å². The number of rotatable bonds is 1. The first-order valence-electron chi connectivity index (χ1n) is 9.12. The Morgan fingerprint density at radius 3 is 2.41 bits per heavy atom. The first kappa shape index (κ1) is 20.1. The Morgan fingerprint density at radius 1 is 1.22 bits per heavy atom. The van der Waals surface area contributed by atoms with Gasteiger partial charge in [0.15, 0.2) is 0 Å². The summed E-state index contributed by atoms with van der Waals surface area (Å²) in [6, 6.07) is 4.62. The number of halogens is 1. The zero-order valence-corrected chi connectivity index (χ0v) is 17.1. The highest BCUT2D eigenvalue weighted by Gasteiger charge is 2.45. The summed E-state index contributed by atoms with van der Waals surface area (Å²) in [7, 11) is -3.41. The average Bonchev–Trinajstić information content (AvgIpc) is 2.52. The van der Waals surface area contributed by atoms with E-state index in [9.17, 15) is 17.6 Å². The number of amides is 1. The smallest absolute Gasteiger partial charge is 0.410 e. The molecule has 150 valence electrons. The van der Waals surface area contributed by atoms with Gasteiger partial charge in [-0.1, -0.05) is 6.07 Å². The molecule has 0 atom stereocenters. The van der Waals surface area contributed by atoms with Crippen molar-refractivity contribution in [3.63, 3.8) is 0 Å². The molecule has 0 bridgehead atoms. The van der Waals surface area contributed by atoms with Crippen LogP contribution in [0.4, 0.5) is 9.18 Å². The molecule has 0 unspecified atom stereocenters. The van der Waals surface area contributed by atoms with Gasteiger partial charge in [0.25, 0.3) is 0 Å². The summed E-state index contributed by atoms with van der Waals surface area (Å²) in [6.45, 7) is 6.97.